The van der Waals surface area contributed by atoms with Crippen LogP contribution in [0.5, 0.6) is 5.75 Å². The highest BCUT2D eigenvalue weighted by Crippen LogP contribution is 2.28. The maximum Gasteiger partial charge on any atom is 0.125 e. The number of benzene rings is 1. The molecule has 0 N–H and O–H groups in total. The van der Waals surface area contributed by atoms with Crippen LogP contribution in [-0.2, 0) is 10.6 Å². The third kappa shape index (κ3) is 4.38. The first-order chi connectivity index (χ1) is 8.00. The van der Waals surface area contributed by atoms with E-state index < -0.39 is 0 Å². The van der Waals surface area contributed by atoms with Crippen molar-refractivity contribution >= 4 is 23.2 Å². The molecule has 0 aliphatic carbocycles. The van der Waals surface area contributed by atoms with Gasteiger partial charge in [-0.3, -0.25) is 0 Å². The average molecular weight is 277 g/mol. The minimum absolute atomic E-state index is 0.181. The molecular weight excluding hydrogens is 259 g/mol. The largest absolute Gasteiger partial charge is 0.493 e. The van der Waals surface area contributed by atoms with Crippen molar-refractivity contribution in [2.75, 3.05) is 13.7 Å². The summed E-state index contributed by atoms with van der Waals surface area (Å²) in [7, 11) is 1.70. The summed E-state index contributed by atoms with van der Waals surface area (Å²) in [5.41, 5.74) is 0.658. The Hall–Kier alpha value is -0.440. The molecule has 0 fully saturated rings. The van der Waals surface area contributed by atoms with E-state index in [-0.39, 0.29) is 5.60 Å². The molecule has 0 aliphatic rings. The summed E-state index contributed by atoms with van der Waals surface area (Å²) in [5, 5.41) is 0.642. The molecule has 0 spiro atoms. The molecule has 1 aromatic rings. The predicted octanol–water partition coefficient (Wildman–Crippen LogP) is 4.27. The summed E-state index contributed by atoms with van der Waals surface area (Å²) in [6, 6.07) is 5.55. The SMILES string of the molecule is COC(C)(C)CCOc1cccc(Cl)c1CCl. The Kier molecular flexibility index (Phi) is 5.57. The summed E-state index contributed by atoms with van der Waals surface area (Å²) in [6.45, 7) is 4.62. The molecule has 1 rings (SSSR count). The predicted molar refractivity (Wildman–Crippen MR) is 72.2 cm³/mol. The van der Waals surface area contributed by atoms with Crippen LogP contribution in [0.2, 0.25) is 5.02 Å². The van der Waals surface area contributed by atoms with E-state index >= 15 is 0 Å². The van der Waals surface area contributed by atoms with E-state index in [2.05, 4.69) is 0 Å². The summed E-state index contributed by atoms with van der Waals surface area (Å²) >= 11 is 11.9. The van der Waals surface area contributed by atoms with Crippen molar-refractivity contribution in [3.8, 4) is 5.75 Å². The van der Waals surface area contributed by atoms with Gasteiger partial charge in [-0.05, 0) is 26.0 Å². The highest BCUT2D eigenvalue weighted by molar-refractivity contribution is 6.32. The van der Waals surface area contributed by atoms with E-state index in [0.29, 0.717) is 17.5 Å². The van der Waals surface area contributed by atoms with Crippen molar-refractivity contribution < 1.29 is 9.47 Å². The summed E-state index contributed by atoms with van der Waals surface area (Å²) in [6.07, 6.45) is 0.803. The van der Waals surface area contributed by atoms with Gasteiger partial charge < -0.3 is 9.47 Å². The van der Waals surface area contributed by atoms with Crippen LogP contribution in [0.4, 0.5) is 0 Å². The maximum atomic E-state index is 6.04. The van der Waals surface area contributed by atoms with Crippen LogP contribution in [0.25, 0.3) is 0 Å². The topological polar surface area (TPSA) is 18.5 Å². The molecule has 0 saturated carbocycles. The van der Waals surface area contributed by atoms with Crippen LogP contribution in [0.1, 0.15) is 25.8 Å². The highest BCUT2D eigenvalue weighted by atomic mass is 35.5. The van der Waals surface area contributed by atoms with Gasteiger partial charge in [0.05, 0.1) is 18.1 Å². The first-order valence-corrected chi connectivity index (χ1v) is 6.43. The van der Waals surface area contributed by atoms with E-state index in [4.69, 9.17) is 32.7 Å². The smallest absolute Gasteiger partial charge is 0.125 e. The minimum atomic E-state index is -0.181. The lowest BCUT2D eigenvalue weighted by atomic mass is 10.1. The van der Waals surface area contributed by atoms with Crippen LogP contribution < -0.4 is 4.74 Å². The minimum Gasteiger partial charge on any atom is -0.493 e. The summed E-state index contributed by atoms with van der Waals surface area (Å²) < 4.78 is 11.0. The highest BCUT2D eigenvalue weighted by Gasteiger charge is 2.16. The number of methoxy groups -OCH3 is 1. The van der Waals surface area contributed by atoms with Crippen LogP contribution in [0.3, 0.4) is 0 Å². The fourth-order valence-electron chi connectivity index (χ4n) is 1.31. The van der Waals surface area contributed by atoms with E-state index in [1.165, 1.54) is 0 Å². The monoisotopic (exact) mass is 276 g/mol. The molecule has 0 aliphatic heterocycles. The molecule has 4 heteroatoms. The molecule has 0 aromatic heterocycles. The van der Waals surface area contributed by atoms with Crippen LogP contribution in [0.15, 0.2) is 18.2 Å². The van der Waals surface area contributed by atoms with E-state index in [0.717, 1.165) is 17.7 Å². The molecule has 0 unspecified atom stereocenters. The zero-order chi connectivity index (χ0) is 12.9. The van der Waals surface area contributed by atoms with Gasteiger partial charge in [0.15, 0.2) is 0 Å². The Labute approximate surface area is 113 Å². The number of halogens is 2. The number of hydrogen-bond acceptors (Lipinski definition) is 2. The molecule has 2 nitrogen and oxygen atoms in total. The van der Waals surface area contributed by atoms with Gasteiger partial charge in [0.2, 0.25) is 0 Å². The first kappa shape index (κ1) is 14.6. The molecule has 0 heterocycles. The molecule has 0 radical (unpaired) electrons. The van der Waals surface area contributed by atoms with Crippen LogP contribution in [-0.4, -0.2) is 19.3 Å². The Morgan fingerprint density at radius 3 is 2.59 bits per heavy atom. The van der Waals surface area contributed by atoms with Crippen LogP contribution >= 0.6 is 23.2 Å². The van der Waals surface area contributed by atoms with Gasteiger partial charge >= 0.3 is 0 Å². The third-order valence-electron chi connectivity index (χ3n) is 2.72. The Balaban J connectivity index is 2.61. The molecule has 0 bridgehead atoms. The van der Waals surface area contributed by atoms with Crippen molar-refractivity contribution in [1.82, 2.24) is 0 Å². The van der Waals surface area contributed by atoms with Gasteiger partial charge in [0.1, 0.15) is 5.75 Å². The quantitative estimate of drug-likeness (QED) is 0.723. The van der Waals surface area contributed by atoms with E-state index in [1.807, 2.05) is 32.0 Å². The number of rotatable bonds is 6. The molecular formula is C13H18Cl2O2. The normalized spacial score (nSPS) is 11.6. The Morgan fingerprint density at radius 2 is 2.00 bits per heavy atom. The Bertz CT molecular complexity index is 364. The molecule has 17 heavy (non-hydrogen) atoms. The number of alkyl halides is 1. The van der Waals surface area contributed by atoms with Gasteiger partial charge in [-0.1, -0.05) is 17.7 Å². The molecule has 0 amide bonds. The van der Waals surface area contributed by atoms with Crippen molar-refractivity contribution in [3.63, 3.8) is 0 Å². The first-order valence-electron chi connectivity index (χ1n) is 5.51. The molecule has 0 atom stereocenters. The standard InChI is InChI=1S/C13H18Cl2O2/c1-13(2,16-3)7-8-17-12-6-4-5-11(15)10(12)9-14/h4-6H,7-9H2,1-3H3. The van der Waals surface area contributed by atoms with Gasteiger partial charge in [-0.25, -0.2) is 0 Å². The maximum absolute atomic E-state index is 6.04. The van der Waals surface area contributed by atoms with Crippen molar-refractivity contribution in [2.45, 2.75) is 31.7 Å². The van der Waals surface area contributed by atoms with Gasteiger partial charge in [-0.15, -0.1) is 11.6 Å². The number of ether oxygens (including phenoxy) is 2. The van der Waals surface area contributed by atoms with Crippen molar-refractivity contribution in [2.24, 2.45) is 0 Å². The molecule has 0 saturated heterocycles. The summed E-state index contributed by atoms with van der Waals surface area (Å²) in [5.74, 6) is 1.10. The lowest BCUT2D eigenvalue weighted by molar-refractivity contribution is 0.00539. The lowest BCUT2D eigenvalue weighted by Gasteiger charge is -2.23. The second-order valence-electron chi connectivity index (χ2n) is 4.41. The number of hydrogen-bond donors (Lipinski definition) is 0. The second kappa shape index (κ2) is 6.48. The molecule has 1 aromatic carbocycles. The average Bonchev–Trinajstić information content (AvgIpc) is 2.29. The zero-order valence-corrected chi connectivity index (χ0v) is 11.9. The fraction of sp³-hybridized carbons (Fsp3) is 0.538. The molecule has 96 valence electrons. The van der Waals surface area contributed by atoms with Crippen LogP contribution in [0, 0.1) is 0 Å². The Morgan fingerprint density at radius 1 is 1.29 bits per heavy atom. The fourth-order valence-corrected chi connectivity index (χ4v) is 1.89. The van der Waals surface area contributed by atoms with E-state index in [9.17, 15) is 0 Å². The van der Waals surface area contributed by atoms with Crippen molar-refractivity contribution in [3.05, 3.63) is 28.8 Å². The van der Waals surface area contributed by atoms with Gasteiger partial charge in [0.25, 0.3) is 0 Å². The van der Waals surface area contributed by atoms with Gasteiger partial charge in [-0.2, -0.15) is 0 Å². The third-order valence-corrected chi connectivity index (χ3v) is 3.35. The van der Waals surface area contributed by atoms with Crippen molar-refractivity contribution in [1.29, 1.82) is 0 Å². The van der Waals surface area contributed by atoms with Gasteiger partial charge in [0, 0.05) is 24.1 Å². The second-order valence-corrected chi connectivity index (χ2v) is 5.09. The van der Waals surface area contributed by atoms with E-state index in [1.54, 1.807) is 7.11 Å². The lowest BCUT2D eigenvalue weighted by Crippen LogP contribution is -2.25. The zero-order valence-electron chi connectivity index (χ0n) is 10.4. The summed E-state index contributed by atoms with van der Waals surface area (Å²) in [4.78, 5) is 0.